The standard InChI is InChI=1S/C18H36O10/c1-12(3-6-25-7-4-19)13(21)9-16(23)28-18-14(22)10-17(24-2)27-15(18)11-26-8-5-20/h12-23H,3-11H2,1-2H3/t12-,13-,14-,15?,16-,17+,18+/m0/s1. The summed E-state index contributed by atoms with van der Waals surface area (Å²) in [5.41, 5.74) is 0. The Bertz CT molecular complexity index is 385. The third-order valence-corrected chi connectivity index (χ3v) is 4.65. The molecule has 1 aliphatic rings. The lowest BCUT2D eigenvalue weighted by Gasteiger charge is -2.39. The van der Waals surface area contributed by atoms with Gasteiger partial charge in [-0.1, -0.05) is 6.92 Å². The summed E-state index contributed by atoms with van der Waals surface area (Å²) in [4.78, 5) is 0. The predicted molar refractivity (Wildman–Crippen MR) is 97.4 cm³/mol. The highest BCUT2D eigenvalue weighted by Crippen LogP contribution is 2.26. The maximum Gasteiger partial charge on any atom is 0.160 e. The molecule has 1 fully saturated rings. The molecular formula is C18H36O10. The molecule has 0 amide bonds. The van der Waals surface area contributed by atoms with E-state index in [1.165, 1.54) is 7.11 Å². The maximum atomic E-state index is 10.4. The van der Waals surface area contributed by atoms with E-state index in [-0.39, 0.29) is 51.8 Å². The first-order valence-corrected chi connectivity index (χ1v) is 9.68. The van der Waals surface area contributed by atoms with Crippen molar-refractivity contribution < 1.29 is 49.2 Å². The third kappa shape index (κ3) is 9.40. The summed E-state index contributed by atoms with van der Waals surface area (Å²) in [6.07, 6.45) is -4.57. The summed E-state index contributed by atoms with van der Waals surface area (Å²) in [6, 6.07) is 0. The normalized spacial score (nSPS) is 28.8. The van der Waals surface area contributed by atoms with Crippen LogP contribution >= 0.6 is 0 Å². The molecule has 0 aromatic heterocycles. The van der Waals surface area contributed by atoms with Gasteiger partial charge >= 0.3 is 0 Å². The van der Waals surface area contributed by atoms with Crippen LogP contribution in [0.2, 0.25) is 0 Å². The molecule has 0 aliphatic carbocycles. The van der Waals surface area contributed by atoms with E-state index in [0.717, 1.165) is 0 Å². The van der Waals surface area contributed by atoms with Gasteiger partial charge in [0.25, 0.3) is 0 Å². The van der Waals surface area contributed by atoms with Gasteiger partial charge in [-0.25, -0.2) is 0 Å². The van der Waals surface area contributed by atoms with Crippen LogP contribution in [0.4, 0.5) is 0 Å². The lowest BCUT2D eigenvalue weighted by molar-refractivity contribution is -0.288. The molecule has 1 heterocycles. The van der Waals surface area contributed by atoms with Crippen LogP contribution in [0.5, 0.6) is 0 Å². The van der Waals surface area contributed by atoms with Gasteiger partial charge in [-0.15, -0.1) is 0 Å². The molecule has 0 radical (unpaired) electrons. The monoisotopic (exact) mass is 412 g/mol. The smallest absolute Gasteiger partial charge is 0.160 e. The zero-order valence-electron chi connectivity index (χ0n) is 16.7. The summed E-state index contributed by atoms with van der Waals surface area (Å²) < 4.78 is 26.8. The first-order valence-electron chi connectivity index (χ1n) is 9.68. The molecular weight excluding hydrogens is 376 g/mol. The molecule has 10 heteroatoms. The molecule has 1 aliphatic heterocycles. The van der Waals surface area contributed by atoms with Gasteiger partial charge in [-0.3, -0.25) is 0 Å². The number of ether oxygens (including phenoxy) is 5. The van der Waals surface area contributed by atoms with Gasteiger partial charge in [0.1, 0.15) is 12.2 Å². The van der Waals surface area contributed by atoms with Gasteiger partial charge in [0.15, 0.2) is 12.6 Å². The summed E-state index contributed by atoms with van der Waals surface area (Å²) in [7, 11) is 1.46. The van der Waals surface area contributed by atoms with E-state index in [9.17, 15) is 15.3 Å². The molecule has 1 rings (SSSR count). The van der Waals surface area contributed by atoms with Crippen molar-refractivity contribution in [2.24, 2.45) is 5.92 Å². The second-order valence-corrected chi connectivity index (χ2v) is 6.90. The lowest BCUT2D eigenvalue weighted by atomic mass is 9.98. The molecule has 0 aromatic carbocycles. The molecule has 7 atom stereocenters. The Hall–Kier alpha value is -0.400. The molecule has 0 aromatic rings. The Morgan fingerprint density at radius 3 is 2.39 bits per heavy atom. The molecule has 168 valence electrons. The Morgan fingerprint density at radius 1 is 1.07 bits per heavy atom. The molecule has 0 saturated carbocycles. The summed E-state index contributed by atoms with van der Waals surface area (Å²) >= 11 is 0. The molecule has 28 heavy (non-hydrogen) atoms. The first kappa shape index (κ1) is 25.6. The van der Waals surface area contributed by atoms with E-state index in [2.05, 4.69) is 0 Å². The second-order valence-electron chi connectivity index (χ2n) is 6.90. The van der Waals surface area contributed by atoms with Crippen LogP contribution in [0.25, 0.3) is 0 Å². The Morgan fingerprint density at radius 2 is 1.75 bits per heavy atom. The second kappa shape index (κ2) is 14.6. The van der Waals surface area contributed by atoms with E-state index >= 15 is 0 Å². The summed E-state index contributed by atoms with van der Waals surface area (Å²) in [5.74, 6) is -0.147. The lowest BCUT2D eigenvalue weighted by Crippen LogP contribution is -2.53. The van der Waals surface area contributed by atoms with E-state index in [1.807, 2.05) is 6.92 Å². The summed E-state index contributed by atoms with van der Waals surface area (Å²) in [5, 5.41) is 48.4. The number of rotatable bonds is 15. The van der Waals surface area contributed by atoms with Crippen LogP contribution in [0.3, 0.4) is 0 Å². The van der Waals surface area contributed by atoms with Crippen molar-refractivity contribution in [2.75, 3.05) is 46.8 Å². The maximum absolute atomic E-state index is 10.4. The van der Waals surface area contributed by atoms with Gasteiger partial charge in [-0.05, 0) is 12.3 Å². The largest absolute Gasteiger partial charge is 0.394 e. The van der Waals surface area contributed by atoms with Crippen molar-refractivity contribution in [3.63, 3.8) is 0 Å². The minimum absolute atomic E-state index is 0.0394. The Kier molecular flexibility index (Phi) is 13.3. The molecule has 5 N–H and O–H groups in total. The highest BCUT2D eigenvalue weighted by atomic mass is 16.7. The average molecular weight is 412 g/mol. The highest BCUT2D eigenvalue weighted by molar-refractivity contribution is 4.85. The topological polar surface area (TPSA) is 147 Å². The average Bonchev–Trinajstić information content (AvgIpc) is 2.67. The Balaban J connectivity index is 2.51. The molecule has 10 nitrogen and oxygen atoms in total. The molecule has 1 unspecified atom stereocenters. The van der Waals surface area contributed by atoms with Gasteiger partial charge in [0.05, 0.1) is 45.2 Å². The van der Waals surface area contributed by atoms with E-state index in [1.54, 1.807) is 0 Å². The van der Waals surface area contributed by atoms with E-state index in [0.29, 0.717) is 13.0 Å². The minimum Gasteiger partial charge on any atom is -0.394 e. The highest BCUT2D eigenvalue weighted by Gasteiger charge is 2.40. The van der Waals surface area contributed by atoms with Crippen LogP contribution in [0.1, 0.15) is 26.2 Å². The van der Waals surface area contributed by atoms with Gasteiger partial charge in [0.2, 0.25) is 0 Å². The number of methoxy groups -OCH3 is 1. The SMILES string of the molecule is CO[C@H]1C[C@H](O)[C@@H](O[C@H](O)C[C@H](O)[C@@H](C)CCOCCO)C(COCCO)O1. The first-order chi connectivity index (χ1) is 13.4. The van der Waals surface area contributed by atoms with Crippen molar-refractivity contribution >= 4 is 0 Å². The van der Waals surface area contributed by atoms with Gasteiger partial charge in [-0.2, -0.15) is 0 Å². The van der Waals surface area contributed by atoms with E-state index < -0.39 is 37.0 Å². The van der Waals surface area contributed by atoms with Crippen LogP contribution in [-0.2, 0) is 23.7 Å². The Labute approximate surface area is 165 Å². The van der Waals surface area contributed by atoms with Gasteiger partial charge in [0, 0.05) is 26.6 Å². The molecule has 0 bridgehead atoms. The number of aliphatic hydroxyl groups is 5. The fraction of sp³-hybridized carbons (Fsp3) is 1.00. The number of hydrogen-bond acceptors (Lipinski definition) is 10. The van der Waals surface area contributed by atoms with Crippen molar-refractivity contribution in [2.45, 2.75) is 63.2 Å². The van der Waals surface area contributed by atoms with Crippen LogP contribution < -0.4 is 0 Å². The quantitative estimate of drug-likeness (QED) is 0.161. The third-order valence-electron chi connectivity index (χ3n) is 4.65. The van der Waals surface area contributed by atoms with Crippen molar-refractivity contribution in [3.8, 4) is 0 Å². The number of aliphatic hydroxyl groups excluding tert-OH is 5. The zero-order valence-corrected chi connectivity index (χ0v) is 16.7. The van der Waals surface area contributed by atoms with E-state index in [4.69, 9.17) is 33.9 Å². The van der Waals surface area contributed by atoms with Crippen LogP contribution in [0.15, 0.2) is 0 Å². The summed E-state index contributed by atoms with van der Waals surface area (Å²) in [6.45, 7) is 2.43. The zero-order chi connectivity index (χ0) is 20.9. The fourth-order valence-corrected chi connectivity index (χ4v) is 2.94. The molecule has 0 spiro atoms. The van der Waals surface area contributed by atoms with Crippen LogP contribution in [0, 0.1) is 5.92 Å². The van der Waals surface area contributed by atoms with Crippen molar-refractivity contribution in [1.29, 1.82) is 0 Å². The molecule has 1 saturated heterocycles. The van der Waals surface area contributed by atoms with Crippen LogP contribution in [-0.4, -0.2) is 109 Å². The fourth-order valence-electron chi connectivity index (χ4n) is 2.94. The van der Waals surface area contributed by atoms with Crippen molar-refractivity contribution in [1.82, 2.24) is 0 Å². The van der Waals surface area contributed by atoms with Crippen molar-refractivity contribution in [3.05, 3.63) is 0 Å². The van der Waals surface area contributed by atoms with Gasteiger partial charge < -0.3 is 49.2 Å². The predicted octanol–water partition coefficient (Wildman–Crippen LogP) is -1.39. The number of hydrogen-bond donors (Lipinski definition) is 5. The minimum atomic E-state index is -1.31.